The summed E-state index contributed by atoms with van der Waals surface area (Å²) in [4.78, 5) is 4.15. The third-order valence-corrected chi connectivity index (χ3v) is 11.7. The molecule has 0 bridgehead atoms. The van der Waals surface area contributed by atoms with Crippen molar-refractivity contribution in [3.8, 4) is 5.75 Å². The lowest BCUT2D eigenvalue weighted by atomic mass is 9.40. The van der Waals surface area contributed by atoms with Crippen molar-refractivity contribution in [1.82, 2.24) is 4.98 Å². The first-order valence-electron chi connectivity index (χ1n) is 14.7. The highest BCUT2D eigenvalue weighted by atomic mass is 16.5. The van der Waals surface area contributed by atoms with Crippen LogP contribution in [0.5, 0.6) is 5.75 Å². The van der Waals surface area contributed by atoms with Gasteiger partial charge in [0.1, 0.15) is 5.75 Å². The Morgan fingerprint density at radius 1 is 0.941 bits per heavy atom. The molecule has 4 aliphatic carbocycles. The van der Waals surface area contributed by atoms with Crippen LogP contribution in [0.15, 0.2) is 24.5 Å². The Hall–Kier alpha value is -1.05. The van der Waals surface area contributed by atoms with Crippen LogP contribution in [0.4, 0.5) is 0 Å². The van der Waals surface area contributed by atoms with Crippen LogP contribution in [0.1, 0.15) is 112 Å². The molecule has 0 spiro atoms. The van der Waals surface area contributed by atoms with E-state index in [0.717, 1.165) is 41.3 Å². The van der Waals surface area contributed by atoms with Crippen LogP contribution < -0.4 is 4.74 Å². The molecule has 8 atom stereocenters. The number of nitrogens with zero attached hydrogens (tertiary/aromatic N) is 1. The summed E-state index contributed by atoms with van der Waals surface area (Å²) < 4.78 is 6.43. The maximum absolute atomic E-state index is 6.43. The molecule has 0 aromatic carbocycles. The predicted octanol–water partition coefficient (Wildman–Crippen LogP) is 8.95. The van der Waals surface area contributed by atoms with Gasteiger partial charge in [-0.1, -0.05) is 48.0 Å². The average Bonchev–Trinajstić information content (AvgIpc) is 2.78. The van der Waals surface area contributed by atoms with Gasteiger partial charge in [0.15, 0.2) is 0 Å². The summed E-state index contributed by atoms with van der Waals surface area (Å²) in [5.41, 5.74) is 1.56. The highest BCUT2D eigenvalue weighted by Gasteiger charge is 2.60. The van der Waals surface area contributed by atoms with Gasteiger partial charge in [0.2, 0.25) is 0 Å². The third-order valence-electron chi connectivity index (χ3n) is 11.7. The Balaban J connectivity index is 1.32. The van der Waals surface area contributed by atoms with Gasteiger partial charge in [0.05, 0.1) is 6.10 Å². The molecule has 4 aliphatic rings. The molecule has 1 heterocycles. The molecule has 190 valence electrons. The van der Waals surface area contributed by atoms with Crippen molar-refractivity contribution in [2.24, 2.45) is 51.8 Å². The Morgan fingerprint density at radius 2 is 1.65 bits per heavy atom. The molecule has 2 heteroatoms. The third kappa shape index (κ3) is 4.24. The molecule has 34 heavy (non-hydrogen) atoms. The molecular formula is C32H51NO. The summed E-state index contributed by atoms with van der Waals surface area (Å²) in [6.45, 7) is 15.5. The van der Waals surface area contributed by atoms with Crippen LogP contribution in [0.2, 0.25) is 0 Å². The zero-order valence-corrected chi connectivity index (χ0v) is 23.0. The first kappa shape index (κ1) is 24.6. The van der Waals surface area contributed by atoms with Gasteiger partial charge in [0, 0.05) is 12.4 Å². The molecule has 0 saturated heterocycles. The molecular weight excluding hydrogens is 414 g/mol. The Labute approximate surface area is 210 Å². The van der Waals surface area contributed by atoms with E-state index in [1.165, 1.54) is 70.6 Å². The zero-order valence-electron chi connectivity index (χ0n) is 23.0. The highest BCUT2D eigenvalue weighted by Crippen LogP contribution is 2.68. The molecule has 0 amide bonds. The second-order valence-electron chi connectivity index (χ2n) is 14.5. The largest absolute Gasteiger partial charge is 0.490 e. The van der Waals surface area contributed by atoms with E-state index >= 15 is 0 Å². The lowest BCUT2D eigenvalue weighted by Crippen LogP contribution is -2.58. The van der Waals surface area contributed by atoms with Gasteiger partial charge in [0.25, 0.3) is 0 Å². The minimum Gasteiger partial charge on any atom is -0.490 e. The number of hydrogen-bond donors (Lipinski definition) is 0. The molecule has 0 unspecified atom stereocenters. The van der Waals surface area contributed by atoms with Gasteiger partial charge in [-0.05, 0) is 128 Å². The van der Waals surface area contributed by atoms with Gasteiger partial charge in [-0.2, -0.15) is 0 Å². The molecule has 4 saturated carbocycles. The molecule has 2 nitrogen and oxygen atoms in total. The number of aromatic nitrogens is 1. The van der Waals surface area contributed by atoms with E-state index in [1.54, 1.807) is 0 Å². The van der Waals surface area contributed by atoms with Crippen molar-refractivity contribution in [3.63, 3.8) is 0 Å². The smallest absolute Gasteiger partial charge is 0.122 e. The second kappa shape index (κ2) is 9.11. The molecule has 0 N–H and O–H groups in total. The van der Waals surface area contributed by atoms with E-state index in [-0.39, 0.29) is 0 Å². The second-order valence-corrected chi connectivity index (χ2v) is 14.5. The van der Waals surface area contributed by atoms with Crippen LogP contribution in [0, 0.1) is 51.8 Å². The molecule has 1 aromatic heterocycles. The number of hydrogen-bond acceptors (Lipinski definition) is 2. The van der Waals surface area contributed by atoms with Crippen LogP contribution in [-0.2, 0) is 0 Å². The van der Waals surface area contributed by atoms with Crippen molar-refractivity contribution in [2.75, 3.05) is 0 Å². The lowest BCUT2D eigenvalue weighted by Gasteiger charge is -2.65. The normalized spacial score (nSPS) is 42.4. The highest BCUT2D eigenvalue weighted by molar-refractivity contribution is 5.18. The minimum absolute atomic E-state index is 0.391. The maximum Gasteiger partial charge on any atom is 0.122 e. The summed E-state index contributed by atoms with van der Waals surface area (Å²) in [6.07, 6.45) is 19.6. The van der Waals surface area contributed by atoms with Crippen molar-refractivity contribution < 1.29 is 4.74 Å². The van der Waals surface area contributed by atoms with E-state index < -0.39 is 0 Å². The van der Waals surface area contributed by atoms with E-state index in [2.05, 4.69) is 46.5 Å². The van der Waals surface area contributed by atoms with Crippen LogP contribution in [0.3, 0.4) is 0 Å². The summed E-state index contributed by atoms with van der Waals surface area (Å²) in [5.74, 6) is 6.42. The van der Waals surface area contributed by atoms with E-state index in [9.17, 15) is 0 Å². The van der Waals surface area contributed by atoms with Crippen molar-refractivity contribution in [1.29, 1.82) is 0 Å². The van der Waals surface area contributed by atoms with Crippen molar-refractivity contribution in [2.45, 2.75) is 118 Å². The number of ether oxygens (including phenoxy) is 1. The fourth-order valence-electron chi connectivity index (χ4n) is 10.6. The molecule has 1 aromatic rings. The van der Waals surface area contributed by atoms with Crippen LogP contribution in [-0.4, -0.2) is 11.1 Å². The molecule has 0 aliphatic heterocycles. The fourth-order valence-corrected chi connectivity index (χ4v) is 10.6. The number of pyridine rings is 1. The van der Waals surface area contributed by atoms with Gasteiger partial charge in [-0.3, -0.25) is 4.98 Å². The van der Waals surface area contributed by atoms with Crippen molar-refractivity contribution in [3.05, 3.63) is 24.5 Å². The monoisotopic (exact) mass is 465 g/mol. The first-order chi connectivity index (χ1) is 16.1. The summed E-state index contributed by atoms with van der Waals surface area (Å²) >= 11 is 0. The van der Waals surface area contributed by atoms with Gasteiger partial charge < -0.3 is 4.74 Å². The zero-order chi connectivity index (χ0) is 24.1. The van der Waals surface area contributed by atoms with Gasteiger partial charge in [-0.25, -0.2) is 0 Å². The predicted molar refractivity (Wildman–Crippen MR) is 142 cm³/mol. The van der Waals surface area contributed by atoms with E-state index in [0.29, 0.717) is 22.3 Å². The molecule has 0 radical (unpaired) electrons. The minimum atomic E-state index is 0.391. The maximum atomic E-state index is 6.43. The fraction of sp³-hybridized carbons (Fsp3) is 0.844. The van der Waals surface area contributed by atoms with Crippen molar-refractivity contribution >= 4 is 0 Å². The Kier molecular flexibility index (Phi) is 6.60. The lowest BCUT2D eigenvalue weighted by molar-refractivity contribution is -0.165. The molecule has 5 rings (SSSR count). The Morgan fingerprint density at radius 3 is 2.38 bits per heavy atom. The van der Waals surface area contributed by atoms with E-state index in [1.807, 2.05) is 24.5 Å². The average molecular weight is 466 g/mol. The first-order valence-corrected chi connectivity index (χ1v) is 14.7. The SMILES string of the molecule is CC(C)CC(C)(C)[C@H]1CCC[C@H]2[C@@H]3CC[C@H]4C[C@@H](Oc5ccncc5)CC[C@]4(C)[C@H]3CC[C@]12C. The molecule has 4 fully saturated rings. The standard InChI is InChI=1S/C32H51NO/c1-22(2)21-30(3,4)29-9-7-8-27-26-11-10-23-20-25(34-24-14-18-33-19-15-24)12-16-31(23,5)28(26)13-17-32(27,29)6/h14-15,18-19,22-23,25-29H,7-13,16-17,20-21H2,1-6H3/t23-,25-,26-,27-,28-,29+,31-,32-/m0/s1. The van der Waals surface area contributed by atoms with Crippen LogP contribution >= 0.6 is 0 Å². The van der Waals surface area contributed by atoms with E-state index in [4.69, 9.17) is 4.74 Å². The summed E-state index contributed by atoms with van der Waals surface area (Å²) in [6, 6.07) is 4.04. The topological polar surface area (TPSA) is 22.1 Å². The van der Waals surface area contributed by atoms with Gasteiger partial charge in [-0.15, -0.1) is 0 Å². The number of rotatable bonds is 5. The summed E-state index contributed by atoms with van der Waals surface area (Å²) in [5, 5.41) is 0. The number of fused-ring (bicyclic) bond motifs is 5. The van der Waals surface area contributed by atoms with Crippen LogP contribution in [0.25, 0.3) is 0 Å². The summed E-state index contributed by atoms with van der Waals surface area (Å²) in [7, 11) is 0. The quantitative estimate of drug-likeness (QED) is 0.433. The van der Waals surface area contributed by atoms with Gasteiger partial charge >= 0.3 is 0 Å². The Bertz CT molecular complexity index is 833.